The van der Waals surface area contributed by atoms with Gasteiger partial charge in [0.25, 0.3) is 0 Å². The van der Waals surface area contributed by atoms with Crippen molar-refractivity contribution < 1.29 is 4.39 Å². The fraction of sp³-hybridized carbons (Fsp3) is 0.400. The average molecular weight is 259 g/mol. The molecule has 4 heteroatoms. The molecular weight excluding hydrogens is 241 g/mol. The largest absolute Gasteiger partial charge is 0.383 e. The normalized spacial score (nSPS) is 14.8. The molecule has 1 aromatic carbocycles. The summed E-state index contributed by atoms with van der Waals surface area (Å²) in [7, 11) is 0. The Kier molecular flexibility index (Phi) is 3.01. The molecule has 1 heterocycles. The van der Waals surface area contributed by atoms with E-state index in [-0.39, 0.29) is 5.82 Å². The number of hydrogen-bond acceptors (Lipinski definition) is 2. The topological polar surface area (TPSA) is 43.8 Å². The lowest BCUT2D eigenvalue weighted by molar-refractivity contribution is 0.628. The van der Waals surface area contributed by atoms with E-state index in [9.17, 15) is 4.39 Å². The second-order valence-corrected chi connectivity index (χ2v) is 5.12. The Labute approximate surface area is 112 Å². The smallest absolute Gasteiger partial charge is 0.131 e. The summed E-state index contributed by atoms with van der Waals surface area (Å²) in [6, 6.07) is 6.89. The molecule has 1 aliphatic rings. The molecule has 1 saturated carbocycles. The van der Waals surface area contributed by atoms with E-state index in [0.717, 1.165) is 35.7 Å². The van der Waals surface area contributed by atoms with Gasteiger partial charge in [0.05, 0.1) is 0 Å². The third kappa shape index (κ3) is 2.23. The SMILES string of the molecule is CCCc1nc(-c2ccc(F)cc2)c(N)n1C1CC1. The van der Waals surface area contributed by atoms with Gasteiger partial charge < -0.3 is 10.3 Å². The minimum Gasteiger partial charge on any atom is -0.383 e. The van der Waals surface area contributed by atoms with Gasteiger partial charge in [-0.15, -0.1) is 0 Å². The highest BCUT2D eigenvalue weighted by molar-refractivity contribution is 5.71. The van der Waals surface area contributed by atoms with E-state index in [1.807, 2.05) is 0 Å². The summed E-state index contributed by atoms with van der Waals surface area (Å²) in [5, 5.41) is 0. The van der Waals surface area contributed by atoms with Crippen molar-refractivity contribution in [2.24, 2.45) is 0 Å². The van der Waals surface area contributed by atoms with Crippen molar-refractivity contribution in [2.75, 3.05) is 5.73 Å². The van der Waals surface area contributed by atoms with Crippen LogP contribution in [0.15, 0.2) is 24.3 Å². The lowest BCUT2D eigenvalue weighted by atomic mass is 10.1. The first-order valence-electron chi connectivity index (χ1n) is 6.83. The molecular formula is C15H18FN3. The van der Waals surface area contributed by atoms with Gasteiger partial charge >= 0.3 is 0 Å². The number of aryl methyl sites for hydroxylation is 1. The maximum atomic E-state index is 13.0. The van der Waals surface area contributed by atoms with Crippen molar-refractivity contribution in [2.45, 2.75) is 38.6 Å². The fourth-order valence-corrected chi connectivity index (χ4v) is 2.45. The predicted molar refractivity (Wildman–Crippen MR) is 74.3 cm³/mol. The highest BCUT2D eigenvalue weighted by Crippen LogP contribution is 2.41. The quantitative estimate of drug-likeness (QED) is 0.912. The number of aromatic nitrogens is 2. The number of imidazole rings is 1. The summed E-state index contributed by atoms with van der Waals surface area (Å²) in [6.45, 7) is 2.14. The van der Waals surface area contributed by atoms with Crippen molar-refractivity contribution in [1.82, 2.24) is 9.55 Å². The Hall–Kier alpha value is -1.84. The monoisotopic (exact) mass is 259 g/mol. The lowest BCUT2D eigenvalue weighted by Crippen LogP contribution is -2.05. The lowest BCUT2D eigenvalue weighted by Gasteiger charge is -2.07. The van der Waals surface area contributed by atoms with Crippen molar-refractivity contribution >= 4 is 5.82 Å². The molecule has 0 bridgehead atoms. The number of nitrogens with zero attached hydrogens (tertiary/aromatic N) is 2. The molecule has 0 saturated heterocycles. The van der Waals surface area contributed by atoms with Gasteiger partial charge in [0.2, 0.25) is 0 Å². The number of benzene rings is 1. The number of anilines is 1. The number of nitrogens with two attached hydrogens (primary N) is 1. The standard InChI is InChI=1S/C15H18FN3/c1-2-3-13-18-14(10-4-6-11(16)7-5-10)15(17)19(13)12-8-9-12/h4-7,12H,2-3,8-9,17H2,1H3. The van der Waals surface area contributed by atoms with E-state index in [1.54, 1.807) is 12.1 Å². The first kappa shape index (κ1) is 12.2. The van der Waals surface area contributed by atoms with Crippen LogP contribution < -0.4 is 5.73 Å². The number of rotatable bonds is 4. The molecule has 19 heavy (non-hydrogen) atoms. The van der Waals surface area contributed by atoms with Crippen LogP contribution in [0.3, 0.4) is 0 Å². The fourth-order valence-electron chi connectivity index (χ4n) is 2.45. The van der Waals surface area contributed by atoms with E-state index in [2.05, 4.69) is 16.5 Å². The van der Waals surface area contributed by atoms with Crippen LogP contribution in [0.25, 0.3) is 11.3 Å². The summed E-state index contributed by atoms with van der Waals surface area (Å²) in [5.74, 6) is 1.54. The molecule has 1 fully saturated rings. The van der Waals surface area contributed by atoms with Gasteiger partial charge in [0.15, 0.2) is 0 Å². The van der Waals surface area contributed by atoms with E-state index in [4.69, 9.17) is 5.73 Å². The molecule has 3 nitrogen and oxygen atoms in total. The number of hydrogen-bond donors (Lipinski definition) is 1. The van der Waals surface area contributed by atoms with Crippen LogP contribution in [0.1, 0.15) is 38.1 Å². The molecule has 1 aliphatic carbocycles. The highest BCUT2D eigenvalue weighted by atomic mass is 19.1. The zero-order valence-corrected chi connectivity index (χ0v) is 11.1. The van der Waals surface area contributed by atoms with Crippen LogP contribution in [0, 0.1) is 5.82 Å². The number of nitrogen functional groups attached to an aromatic ring is 1. The molecule has 100 valence electrons. The van der Waals surface area contributed by atoms with E-state index in [0.29, 0.717) is 6.04 Å². The van der Waals surface area contributed by atoms with Gasteiger partial charge in [0.1, 0.15) is 23.2 Å². The Morgan fingerprint density at radius 2 is 2.00 bits per heavy atom. The summed E-state index contributed by atoms with van der Waals surface area (Å²) in [6.07, 6.45) is 4.34. The van der Waals surface area contributed by atoms with Gasteiger partial charge in [0, 0.05) is 18.0 Å². The van der Waals surface area contributed by atoms with Crippen LogP contribution >= 0.6 is 0 Å². The van der Waals surface area contributed by atoms with Gasteiger partial charge in [-0.05, 0) is 43.5 Å². The van der Waals surface area contributed by atoms with E-state index < -0.39 is 0 Å². The second-order valence-electron chi connectivity index (χ2n) is 5.12. The molecule has 0 spiro atoms. The van der Waals surface area contributed by atoms with E-state index >= 15 is 0 Å². The van der Waals surface area contributed by atoms with Crippen LogP contribution in [0.5, 0.6) is 0 Å². The minimum atomic E-state index is -0.238. The van der Waals surface area contributed by atoms with Crippen LogP contribution in [-0.2, 0) is 6.42 Å². The molecule has 3 rings (SSSR count). The molecule has 0 atom stereocenters. The van der Waals surface area contributed by atoms with Crippen molar-refractivity contribution in [3.05, 3.63) is 35.9 Å². The molecule has 1 aromatic heterocycles. The van der Waals surface area contributed by atoms with Crippen molar-refractivity contribution in [1.29, 1.82) is 0 Å². The minimum absolute atomic E-state index is 0.238. The first-order chi connectivity index (χ1) is 9.20. The predicted octanol–water partition coefficient (Wildman–Crippen LogP) is 3.56. The molecule has 0 radical (unpaired) electrons. The van der Waals surface area contributed by atoms with Gasteiger partial charge in [-0.25, -0.2) is 9.37 Å². The van der Waals surface area contributed by atoms with E-state index in [1.165, 1.54) is 25.0 Å². The Bertz CT molecular complexity index is 582. The molecule has 2 N–H and O–H groups in total. The van der Waals surface area contributed by atoms with Gasteiger partial charge in [-0.3, -0.25) is 0 Å². The zero-order chi connectivity index (χ0) is 13.4. The Morgan fingerprint density at radius 1 is 1.32 bits per heavy atom. The Balaban J connectivity index is 2.06. The van der Waals surface area contributed by atoms with Gasteiger partial charge in [-0.1, -0.05) is 6.92 Å². The Morgan fingerprint density at radius 3 is 2.58 bits per heavy atom. The molecule has 0 amide bonds. The summed E-state index contributed by atoms with van der Waals surface area (Å²) < 4.78 is 15.2. The maximum Gasteiger partial charge on any atom is 0.131 e. The van der Waals surface area contributed by atoms with Crippen LogP contribution in [0.2, 0.25) is 0 Å². The van der Waals surface area contributed by atoms with Crippen molar-refractivity contribution in [3.8, 4) is 11.3 Å². The summed E-state index contributed by atoms with van der Waals surface area (Å²) in [4.78, 5) is 4.68. The molecule has 0 unspecified atom stereocenters. The zero-order valence-electron chi connectivity index (χ0n) is 11.1. The van der Waals surface area contributed by atoms with Crippen LogP contribution in [0.4, 0.5) is 10.2 Å². The summed E-state index contributed by atoms with van der Waals surface area (Å²) in [5.41, 5.74) is 7.92. The third-order valence-corrected chi connectivity index (χ3v) is 3.52. The number of halogens is 1. The first-order valence-corrected chi connectivity index (χ1v) is 6.83. The highest BCUT2D eigenvalue weighted by Gasteiger charge is 2.29. The van der Waals surface area contributed by atoms with Gasteiger partial charge in [-0.2, -0.15) is 0 Å². The van der Waals surface area contributed by atoms with Crippen molar-refractivity contribution in [3.63, 3.8) is 0 Å². The third-order valence-electron chi connectivity index (χ3n) is 3.52. The molecule has 0 aliphatic heterocycles. The second kappa shape index (κ2) is 4.68. The summed E-state index contributed by atoms with van der Waals surface area (Å²) >= 11 is 0. The maximum absolute atomic E-state index is 13.0. The average Bonchev–Trinajstić information content (AvgIpc) is 3.17. The van der Waals surface area contributed by atoms with Crippen LogP contribution in [-0.4, -0.2) is 9.55 Å². The molecule has 2 aromatic rings.